The molecular formula is C23H32N4O2. The summed E-state index contributed by atoms with van der Waals surface area (Å²) >= 11 is 0. The molecule has 4 rings (SSSR count). The third kappa shape index (κ3) is 5.18. The van der Waals surface area contributed by atoms with Gasteiger partial charge in [-0.05, 0) is 43.7 Å². The van der Waals surface area contributed by atoms with Crippen molar-refractivity contribution in [3.63, 3.8) is 0 Å². The van der Waals surface area contributed by atoms with Crippen molar-refractivity contribution in [2.45, 2.75) is 57.4 Å². The van der Waals surface area contributed by atoms with Crippen molar-refractivity contribution in [1.82, 2.24) is 20.5 Å². The Morgan fingerprint density at radius 3 is 2.59 bits per heavy atom. The van der Waals surface area contributed by atoms with Gasteiger partial charge in [-0.3, -0.25) is 10.1 Å². The van der Waals surface area contributed by atoms with E-state index in [0.717, 1.165) is 64.6 Å². The van der Waals surface area contributed by atoms with E-state index in [2.05, 4.69) is 51.0 Å². The third-order valence-electron chi connectivity index (χ3n) is 6.51. The van der Waals surface area contributed by atoms with Crippen LogP contribution in [-0.2, 0) is 11.2 Å². The Balaban J connectivity index is 1.17. The van der Waals surface area contributed by atoms with Crippen molar-refractivity contribution < 1.29 is 9.59 Å². The van der Waals surface area contributed by atoms with Gasteiger partial charge in [0, 0.05) is 48.7 Å². The van der Waals surface area contributed by atoms with E-state index >= 15 is 0 Å². The molecule has 1 aliphatic carbocycles. The van der Waals surface area contributed by atoms with Gasteiger partial charge in [0.15, 0.2) is 0 Å². The van der Waals surface area contributed by atoms with Gasteiger partial charge in [0.1, 0.15) is 0 Å². The van der Waals surface area contributed by atoms with Crippen molar-refractivity contribution in [2.24, 2.45) is 5.92 Å². The molecule has 0 bridgehead atoms. The molecule has 1 aromatic carbocycles. The van der Waals surface area contributed by atoms with Crippen LogP contribution in [0.3, 0.4) is 0 Å². The molecule has 0 radical (unpaired) electrons. The summed E-state index contributed by atoms with van der Waals surface area (Å²) in [7, 11) is 0. The Hall–Kier alpha value is -2.34. The molecule has 156 valence electrons. The van der Waals surface area contributed by atoms with Crippen molar-refractivity contribution in [3.05, 3.63) is 36.0 Å². The fraction of sp³-hybridized carbons (Fsp3) is 0.565. The van der Waals surface area contributed by atoms with Gasteiger partial charge < -0.3 is 15.2 Å². The van der Waals surface area contributed by atoms with Crippen LogP contribution in [0.15, 0.2) is 30.5 Å². The van der Waals surface area contributed by atoms with Gasteiger partial charge in [0.2, 0.25) is 5.91 Å². The molecule has 0 spiro atoms. The van der Waals surface area contributed by atoms with E-state index in [0.29, 0.717) is 0 Å². The average Bonchev–Trinajstić information content (AvgIpc) is 3.17. The molecule has 2 aliphatic rings. The summed E-state index contributed by atoms with van der Waals surface area (Å²) in [5, 5.41) is 6.87. The second kappa shape index (κ2) is 9.44. The Labute approximate surface area is 172 Å². The molecule has 3 N–H and O–H groups in total. The number of hydrogen-bond donors (Lipinski definition) is 3. The number of piperidine rings is 1. The van der Waals surface area contributed by atoms with E-state index in [9.17, 15) is 9.59 Å². The highest BCUT2D eigenvalue weighted by Gasteiger charge is 2.25. The first-order chi connectivity index (χ1) is 14.2. The topological polar surface area (TPSA) is 77.2 Å². The molecule has 1 aromatic heterocycles. The second-order valence-electron chi connectivity index (χ2n) is 8.52. The van der Waals surface area contributed by atoms with E-state index in [1.54, 1.807) is 0 Å². The standard InChI is InChI=1S/C23H32N4O2/c28-22(17-6-2-1-3-7-17)26-23(29)25-19-11-14-27(15-12-19)13-10-18-16-24-21-9-5-4-8-20(18)21/h4-5,8-9,16-17,19,24H,1-3,6-7,10-15H2,(H2,25,26,28,29). The van der Waals surface area contributed by atoms with Gasteiger partial charge in [0.25, 0.3) is 0 Å². The Bertz CT molecular complexity index is 832. The third-order valence-corrected chi connectivity index (χ3v) is 6.51. The molecule has 2 aromatic rings. The number of aromatic amines is 1. The van der Waals surface area contributed by atoms with Crippen LogP contribution in [-0.4, -0.2) is 47.5 Å². The molecule has 6 nitrogen and oxygen atoms in total. The van der Waals surface area contributed by atoms with E-state index < -0.39 is 0 Å². The molecule has 29 heavy (non-hydrogen) atoms. The van der Waals surface area contributed by atoms with Crippen molar-refractivity contribution in [3.8, 4) is 0 Å². The maximum atomic E-state index is 12.2. The number of fused-ring (bicyclic) bond motifs is 1. The summed E-state index contributed by atoms with van der Waals surface area (Å²) in [6.07, 6.45) is 10.2. The molecule has 6 heteroatoms. The number of amides is 3. The zero-order valence-corrected chi connectivity index (χ0v) is 17.1. The number of urea groups is 1. The van der Waals surface area contributed by atoms with Gasteiger partial charge in [0.05, 0.1) is 0 Å². The van der Waals surface area contributed by atoms with Gasteiger partial charge in [-0.25, -0.2) is 4.79 Å². The van der Waals surface area contributed by atoms with Gasteiger partial charge in [-0.1, -0.05) is 37.5 Å². The minimum atomic E-state index is -0.321. The van der Waals surface area contributed by atoms with Gasteiger partial charge in [-0.2, -0.15) is 0 Å². The minimum absolute atomic E-state index is 0.0147. The average molecular weight is 397 g/mol. The first-order valence-corrected chi connectivity index (χ1v) is 11.1. The highest BCUT2D eigenvalue weighted by Crippen LogP contribution is 2.23. The monoisotopic (exact) mass is 396 g/mol. The van der Waals surface area contributed by atoms with Crippen LogP contribution in [0.2, 0.25) is 0 Å². The summed E-state index contributed by atoms with van der Waals surface area (Å²) in [5.74, 6) is -0.0841. The van der Waals surface area contributed by atoms with E-state index in [-0.39, 0.29) is 23.9 Å². The van der Waals surface area contributed by atoms with Crippen LogP contribution < -0.4 is 10.6 Å². The number of hydrogen-bond acceptors (Lipinski definition) is 3. The highest BCUT2D eigenvalue weighted by atomic mass is 16.2. The number of aromatic nitrogens is 1. The van der Waals surface area contributed by atoms with Crippen LogP contribution in [0.1, 0.15) is 50.5 Å². The van der Waals surface area contributed by atoms with E-state index in [1.807, 2.05) is 0 Å². The number of nitrogens with zero attached hydrogens (tertiary/aromatic N) is 1. The normalized spacial score (nSPS) is 19.3. The predicted molar refractivity (Wildman–Crippen MR) is 115 cm³/mol. The highest BCUT2D eigenvalue weighted by molar-refractivity contribution is 5.95. The number of para-hydroxylation sites is 1. The maximum Gasteiger partial charge on any atom is 0.321 e. The van der Waals surface area contributed by atoms with E-state index in [1.165, 1.54) is 22.9 Å². The van der Waals surface area contributed by atoms with E-state index in [4.69, 9.17) is 0 Å². The smallest absolute Gasteiger partial charge is 0.321 e. The number of benzene rings is 1. The molecule has 3 amide bonds. The van der Waals surface area contributed by atoms with Crippen molar-refractivity contribution >= 4 is 22.8 Å². The van der Waals surface area contributed by atoms with Crippen LogP contribution in [0.4, 0.5) is 4.79 Å². The molecule has 2 fully saturated rings. The lowest BCUT2D eigenvalue weighted by atomic mass is 9.89. The first-order valence-electron chi connectivity index (χ1n) is 11.1. The zero-order valence-electron chi connectivity index (χ0n) is 17.1. The Morgan fingerprint density at radius 2 is 1.79 bits per heavy atom. The summed E-state index contributed by atoms with van der Waals surface area (Å²) in [4.78, 5) is 30.2. The number of rotatable bonds is 5. The zero-order chi connectivity index (χ0) is 20.1. The summed E-state index contributed by atoms with van der Waals surface area (Å²) in [6.45, 7) is 2.98. The second-order valence-corrected chi connectivity index (χ2v) is 8.52. The van der Waals surface area contributed by atoms with Crippen molar-refractivity contribution in [1.29, 1.82) is 0 Å². The fourth-order valence-corrected chi connectivity index (χ4v) is 4.72. The van der Waals surface area contributed by atoms with Crippen LogP contribution >= 0.6 is 0 Å². The largest absolute Gasteiger partial charge is 0.361 e. The minimum Gasteiger partial charge on any atom is -0.361 e. The number of H-pyrrole nitrogens is 1. The van der Waals surface area contributed by atoms with Crippen LogP contribution in [0.5, 0.6) is 0 Å². The maximum absolute atomic E-state index is 12.2. The lowest BCUT2D eigenvalue weighted by Gasteiger charge is -2.32. The molecule has 1 saturated heterocycles. The predicted octanol–water partition coefficient (Wildman–Crippen LogP) is 3.58. The van der Waals surface area contributed by atoms with Crippen LogP contribution in [0, 0.1) is 5.92 Å². The molecule has 1 aliphatic heterocycles. The van der Waals surface area contributed by atoms with Crippen molar-refractivity contribution in [2.75, 3.05) is 19.6 Å². The Kier molecular flexibility index (Phi) is 6.49. The fourth-order valence-electron chi connectivity index (χ4n) is 4.72. The van der Waals surface area contributed by atoms with Gasteiger partial charge >= 0.3 is 6.03 Å². The lowest BCUT2D eigenvalue weighted by molar-refractivity contribution is -0.124. The molecule has 0 atom stereocenters. The molecule has 1 saturated carbocycles. The molecule has 2 heterocycles. The summed E-state index contributed by atoms with van der Waals surface area (Å²) < 4.78 is 0. The summed E-state index contributed by atoms with van der Waals surface area (Å²) in [6, 6.07) is 8.25. The summed E-state index contributed by atoms with van der Waals surface area (Å²) in [5.41, 5.74) is 2.56. The SMILES string of the molecule is O=C(NC(=O)C1CCCCC1)NC1CCN(CCc2c[nH]c3ccccc23)CC1. The molecule has 0 unspecified atom stereocenters. The van der Waals surface area contributed by atoms with Gasteiger partial charge in [-0.15, -0.1) is 0 Å². The number of nitrogens with one attached hydrogen (secondary N) is 3. The Morgan fingerprint density at radius 1 is 1.03 bits per heavy atom. The number of carbonyl (C=O) groups excluding carboxylic acids is 2. The number of imide groups is 1. The molecular weight excluding hydrogens is 364 g/mol. The number of likely N-dealkylation sites (tertiary alicyclic amines) is 1. The number of carbonyl (C=O) groups is 2. The quantitative estimate of drug-likeness (QED) is 0.723. The first kappa shape index (κ1) is 20.0. The lowest BCUT2D eigenvalue weighted by Crippen LogP contribution is -2.50. The van der Waals surface area contributed by atoms with Crippen LogP contribution in [0.25, 0.3) is 10.9 Å².